The van der Waals surface area contributed by atoms with Gasteiger partial charge in [0.15, 0.2) is 11.6 Å². The van der Waals surface area contributed by atoms with Crippen molar-refractivity contribution in [2.24, 2.45) is 0 Å². The van der Waals surface area contributed by atoms with Gasteiger partial charge in [0.1, 0.15) is 11.5 Å². The van der Waals surface area contributed by atoms with Crippen molar-refractivity contribution in [3.63, 3.8) is 0 Å². The third-order valence-corrected chi connectivity index (χ3v) is 7.24. The second-order valence-electron chi connectivity index (χ2n) is 10.3. The van der Waals surface area contributed by atoms with E-state index in [0.717, 1.165) is 60.5 Å². The van der Waals surface area contributed by atoms with Crippen LogP contribution in [0.2, 0.25) is 0 Å². The molecule has 1 atom stereocenters. The van der Waals surface area contributed by atoms with Gasteiger partial charge in [-0.1, -0.05) is 18.2 Å². The quantitative estimate of drug-likeness (QED) is 0.348. The zero-order valence-electron chi connectivity index (χ0n) is 23.5. The zero-order chi connectivity index (χ0) is 28.1. The number of aromatic nitrogens is 2. The van der Waals surface area contributed by atoms with Crippen molar-refractivity contribution in [3.05, 3.63) is 66.0 Å². The van der Waals surface area contributed by atoms with Gasteiger partial charge in [0, 0.05) is 47.9 Å². The molecule has 10 heteroatoms. The highest BCUT2D eigenvalue weighted by molar-refractivity contribution is 5.83. The number of methoxy groups -OCH3 is 2. The molecule has 10 nitrogen and oxygen atoms in total. The summed E-state index contributed by atoms with van der Waals surface area (Å²) in [6.07, 6.45) is 6.70. The molecule has 0 spiro atoms. The van der Waals surface area contributed by atoms with Crippen molar-refractivity contribution >= 4 is 34.3 Å². The van der Waals surface area contributed by atoms with Crippen LogP contribution in [0.3, 0.4) is 0 Å². The van der Waals surface area contributed by atoms with E-state index in [9.17, 15) is 4.79 Å². The molecule has 1 aliphatic heterocycles. The Labute approximate surface area is 235 Å². The first-order chi connectivity index (χ1) is 19.4. The number of fused-ring (bicyclic) bond motifs is 1. The fourth-order valence-corrected chi connectivity index (χ4v) is 5.06. The summed E-state index contributed by atoms with van der Waals surface area (Å²) >= 11 is 0. The molecule has 1 saturated heterocycles. The lowest BCUT2D eigenvalue weighted by atomic mass is 10.1. The topological polar surface area (TPSA) is 104 Å². The average Bonchev–Trinajstić information content (AvgIpc) is 3.39. The van der Waals surface area contributed by atoms with E-state index in [1.54, 1.807) is 14.2 Å². The Balaban J connectivity index is 1.33. The van der Waals surface area contributed by atoms with Crippen LogP contribution in [0.15, 0.2) is 66.0 Å². The maximum Gasteiger partial charge on any atom is 0.238 e. The highest BCUT2D eigenvalue weighted by Gasteiger charge is 2.24. The molecule has 0 bridgehead atoms. The number of nitrogens with zero attached hydrogens (tertiary/aromatic N) is 4. The first kappa shape index (κ1) is 27.4. The van der Waals surface area contributed by atoms with Crippen molar-refractivity contribution in [3.8, 4) is 11.5 Å². The number of hydrogen-bond acceptors (Lipinski definition) is 9. The van der Waals surface area contributed by atoms with Crippen molar-refractivity contribution in [1.82, 2.24) is 25.1 Å². The molecule has 1 unspecified atom stereocenters. The van der Waals surface area contributed by atoms with Crippen LogP contribution in [-0.2, 0) is 4.79 Å². The second kappa shape index (κ2) is 12.4. The van der Waals surface area contributed by atoms with E-state index < -0.39 is 0 Å². The van der Waals surface area contributed by atoms with Gasteiger partial charge in [0.05, 0.1) is 31.8 Å². The Hall–Kier alpha value is -4.15. The van der Waals surface area contributed by atoms with Gasteiger partial charge < -0.3 is 30.3 Å². The fraction of sp³-hybridized carbons (Fsp3) is 0.367. The molecule has 1 aliphatic carbocycles. The molecule has 210 valence electrons. The number of anilines is 3. The Morgan fingerprint density at radius 1 is 1.05 bits per heavy atom. The fourth-order valence-electron chi connectivity index (χ4n) is 5.06. The highest BCUT2D eigenvalue weighted by Crippen LogP contribution is 2.31. The van der Waals surface area contributed by atoms with Gasteiger partial charge in [-0.25, -0.2) is 9.97 Å². The van der Waals surface area contributed by atoms with E-state index in [2.05, 4.69) is 38.9 Å². The smallest absolute Gasteiger partial charge is 0.238 e. The molecule has 40 heavy (non-hydrogen) atoms. The van der Waals surface area contributed by atoms with E-state index >= 15 is 0 Å². The maximum atomic E-state index is 12.8. The summed E-state index contributed by atoms with van der Waals surface area (Å²) in [4.78, 5) is 27.0. The van der Waals surface area contributed by atoms with Crippen LogP contribution in [0, 0.1) is 0 Å². The summed E-state index contributed by atoms with van der Waals surface area (Å²) in [5.74, 6) is 2.47. The van der Waals surface area contributed by atoms with E-state index in [1.807, 2.05) is 55.6 Å². The van der Waals surface area contributed by atoms with Crippen LogP contribution < -0.4 is 25.4 Å². The summed E-state index contributed by atoms with van der Waals surface area (Å²) in [6, 6.07) is 13.7. The van der Waals surface area contributed by atoms with Crippen LogP contribution in [0.1, 0.15) is 19.3 Å². The number of nitrogens with one attached hydrogen (secondary N) is 3. The number of ether oxygens (including phenoxy) is 2. The summed E-state index contributed by atoms with van der Waals surface area (Å²) in [5, 5.41) is 9.93. The molecule has 3 N–H and O–H groups in total. The Kier molecular flexibility index (Phi) is 8.47. The third-order valence-electron chi connectivity index (χ3n) is 7.24. The van der Waals surface area contributed by atoms with Crippen molar-refractivity contribution in [1.29, 1.82) is 0 Å². The number of allylic oxidation sites excluding steroid dienone is 3. The molecule has 0 saturated carbocycles. The lowest BCUT2D eigenvalue weighted by Crippen LogP contribution is -2.41. The molecule has 2 aromatic carbocycles. The number of carbonyl (C=O) groups is 1. The minimum Gasteiger partial charge on any atom is -0.497 e. The summed E-state index contributed by atoms with van der Waals surface area (Å²) < 4.78 is 10.9. The minimum atomic E-state index is -0.0133. The second-order valence-corrected chi connectivity index (χ2v) is 10.3. The first-order valence-corrected chi connectivity index (χ1v) is 13.5. The lowest BCUT2D eigenvalue weighted by Gasteiger charge is -2.24. The number of rotatable bonds is 10. The average molecular weight is 544 g/mol. The predicted octanol–water partition coefficient (Wildman–Crippen LogP) is 4.12. The van der Waals surface area contributed by atoms with Gasteiger partial charge in [0.2, 0.25) is 5.91 Å². The van der Waals surface area contributed by atoms with Gasteiger partial charge in [-0.3, -0.25) is 9.69 Å². The Morgan fingerprint density at radius 2 is 1.73 bits per heavy atom. The summed E-state index contributed by atoms with van der Waals surface area (Å²) in [5.41, 5.74) is 4.04. The van der Waals surface area contributed by atoms with Crippen LogP contribution in [0.4, 0.5) is 17.3 Å². The van der Waals surface area contributed by atoms with Crippen molar-refractivity contribution in [2.75, 3.05) is 58.6 Å². The monoisotopic (exact) mass is 543 g/mol. The molecule has 2 aliphatic rings. The van der Waals surface area contributed by atoms with Crippen LogP contribution in [0.25, 0.3) is 11.0 Å². The number of likely N-dealkylation sites (N-methyl/N-ethyl adjacent to an activating group) is 2. The molecule has 3 aromatic rings. The number of amides is 1. The van der Waals surface area contributed by atoms with Gasteiger partial charge >= 0.3 is 0 Å². The van der Waals surface area contributed by atoms with E-state index in [1.165, 1.54) is 0 Å². The van der Waals surface area contributed by atoms with Crippen molar-refractivity contribution in [2.45, 2.75) is 25.3 Å². The molecular weight excluding hydrogens is 506 g/mol. The van der Waals surface area contributed by atoms with E-state index in [-0.39, 0.29) is 5.91 Å². The molecule has 1 aromatic heterocycles. The van der Waals surface area contributed by atoms with E-state index in [0.29, 0.717) is 35.7 Å². The molecule has 2 heterocycles. The van der Waals surface area contributed by atoms with E-state index in [4.69, 9.17) is 19.4 Å². The number of hydrogen-bond donors (Lipinski definition) is 3. The summed E-state index contributed by atoms with van der Waals surface area (Å²) in [6.45, 7) is 2.42. The third kappa shape index (κ3) is 6.70. The first-order valence-electron chi connectivity index (χ1n) is 13.5. The largest absolute Gasteiger partial charge is 0.497 e. The Bertz CT molecular complexity index is 1420. The predicted molar refractivity (Wildman–Crippen MR) is 158 cm³/mol. The minimum absolute atomic E-state index is 0.0133. The highest BCUT2D eigenvalue weighted by atomic mass is 16.5. The van der Waals surface area contributed by atoms with Gasteiger partial charge in [-0.15, -0.1) is 0 Å². The van der Waals surface area contributed by atoms with Gasteiger partial charge in [-0.2, -0.15) is 0 Å². The molecular formula is C30H37N7O3. The maximum absolute atomic E-state index is 12.8. The number of carbonyl (C=O) groups excluding carboxylic acids is 1. The molecule has 5 rings (SSSR count). The normalized spacial score (nSPS) is 17.4. The number of benzene rings is 2. The molecule has 0 radical (unpaired) electrons. The van der Waals surface area contributed by atoms with Crippen LogP contribution >= 0.6 is 0 Å². The summed E-state index contributed by atoms with van der Waals surface area (Å²) in [7, 11) is 7.37. The van der Waals surface area contributed by atoms with Gasteiger partial charge in [-0.05, 0) is 58.1 Å². The number of likely N-dealkylation sites (tertiary alicyclic amines) is 1. The molecule has 1 fully saturated rings. The lowest BCUT2D eigenvalue weighted by molar-refractivity contribution is -0.121. The standard InChI is InChI=1S/C30H37N7O3/c1-36-13-12-23(18-36)37(2)19-28(38)31-20-8-7-9-21(14-20)32-29-30(35-27-11-6-5-10-26(27)34-29)33-22-15-24(39-3)17-25(16-22)40-4/h5-6,8,10-11,14-17,23H,7,9,12-13,18-19H2,1-4H3,(H,31,38)(H,32,34)(H,33,35). The van der Waals surface area contributed by atoms with Crippen LogP contribution in [0.5, 0.6) is 11.5 Å². The van der Waals surface area contributed by atoms with Crippen molar-refractivity contribution < 1.29 is 14.3 Å². The number of para-hydroxylation sites is 2. The SMILES string of the molecule is COc1cc(Nc2nc3ccccc3nc2NC2=CC(NC(=O)CN(C)C3CCN(C)C3)=CCC2)cc(OC)c1. The van der Waals surface area contributed by atoms with Gasteiger partial charge in [0.25, 0.3) is 0 Å². The Morgan fingerprint density at radius 3 is 2.35 bits per heavy atom. The zero-order valence-corrected chi connectivity index (χ0v) is 23.5. The van der Waals surface area contributed by atoms with Crippen LogP contribution in [-0.4, -0.2) is 79.7 Å². The molecule has 1 amide bonds.